The van der Waals surface area contributed by atoms with Gasteiger partial charge in [-0.25, -0.2) is 0 Å². The van der Waals surface area contributed by atoms with Gasteiger partial charge in [-0.15, -0.1) is 0 Å². The summed E-state index contributed by atoms with van der Waals surface area (Å²) in [6.07, 6.45) is 6.88. The van der Waals surface area contributed by atoms with Gasteiger partial charge in [0.1, 0.15) is 18.3 Å². The first-order valence-electron chi connectivity index (χ1n) is 11.5. The van der Waals surface area contributed by atoms with Crippen molar-refractivity contribution in [1.29, 1.82) is 0 Å². The standard InChI is InChI=1S/C25H40O5/c1-15(2)6-5-7-18(13-29-25-24(28)23(27)22(26)14-30-25)20-11-9-17(4)19-10-8-16(3)12-21(19)20/h6,12,18-28H,4-5,7-11,13-14H2,1-3H3/t18?,19-,20+,21-,22+,23?,24?,25+/m1/s1. The third-order valence-corrected chi connectivity index (χ3v) is 7.23. The lowest BCUT2D eigenvalue weighted by molar-refractivity contribution is -0.274. The van der Waals surface area contributed by atoms with E-state index in [9.17, 15) is 15.3 Å². The zero-order chi connectivity index (χ0) is 21.8. The summed E-state index contributed by atoms with van der Waals surface area (Å²) < 4.78 is 11.5. The molecule has 3 aliphatic rings. The number of ether oxygens (including phenoxy) is 2. The lowest BCUT2D eigenvalue weighted by Gasteiger charge is -2.45. The maximum atomic E-state index is 10.2. The molecule has 0 aromatic rings. The Labute approximate surface area is 181 Å². The summed E-state index contributed by atoms with van der Waals surface area (Å²) in [6.45, 7) is 11.3. The summed E-state index contributed by atoms with van der Waals surface area (Å²) >= 11 is 0. The first kappa shape index (κ1) is 23.7. The van der Waals surface area contributed by atoms with Gasteiger partial charge in [0, 0.05) is 0 Å². The Morgan fingerprint density at radius 1 is 1.23 bits per heavy atom. The molecule has 3 N–H and O–H groups in total. The number of fused-ring (bicyclic) bond motifs is 1. The lowest BCUT2D eigenvalue weighted by Crippen LogP contribution is -2.54. The first-order chi connectivity index (χ1) is 14.3. The van der Waals surface area contributed by atoms with Crippen molar-refractivity contribution in [2.45, 2.75) is 83.9 Å². The van der Waals surface area contributed by atoms with Crippen molar-refractivity contribution in [2.24, 2.45) is 23.7 Å². The third-order valence-electron chi connectivity index (χ3n) is 7.23. The Morgan fingerprint density at radius 3 is 2.73 bits per heavy atom. The molecule has 5 nitrogen and oxygen atoms in total. The lowest BCUT2D eigenvalue weighted by atomic mass is 9.61. The van der Waals surface area contributed by atoms with Gasteiger partial charge in [-0.3, -0.25) is 0 Å². The zero-order valence-electron chi connectivity index (χ0n) is 18.8. The van der Waals surface area contributed by atoms with Crippen LogP contribution in [0.1, 0.15) is 59.3 Å². The molecule has 1 saturated carbocycles. The van der Waals surface area contributed by atoms with E-state index in [1.165, 1.54) is 23.1 Å². The average molecular weight is 421 g/mol. The quantitative estimate of drug-likeness (QED) is 0.547. The van der Waals surface area contributed by atoms with Crippen LogP contribution in [-0.4, -0.2) is 53.1 Å². The molecule has 2 aliphatic carbocycles. The van der Waals surface area contributed by atoms with Crippen LogP contribution in [0.3, 0.4) is 0 Å². The second-order valence-electron chi connectivity index (χ2n) is 9.80. The van der Waals surface area contributed by atoms with Gasteiger partial charge in [0.05, 0.1) is 13.2 Å². The number of hydrogen-bond donors (Lipinski definition) is 3. The van der Waals surface area contributed by atoms with E-state index in [0.29, 0.717) is 30.3 Å². The van der Waals surface area contributed by atoms with Crippen molar-refractivity contribution in [3.63, 3.8) is 0 Å². The minimum atomic E-state index is -1.24. The molecule has 8 atom stereocenters. The van der Waals surface area contributed by atoms with E-state index in [-0.39, 0.29) is 6.61 Å². The monoisotopic (exact) mass is 420 g/mol. The largest absolute Gasteiger partial charge is 0.388 e. The molecule has 1 saturated heterocycles. The highest BCUT2D eigenvalue weighted by molar-refractivity contribution is 5.19. The van der Waals surface area contributed by atoms with E-state index < -0.39 is 24.6 Å². The van der Waals surface area contributed by atoms with E-state index >= 15 is 0 Å². The van der Waals surface area contributed by atoms with Gasteiger partial charge in [0.2, 0.25) is 0 Å². The summed E-state index contributed by atoms with van der Waals surface area (Å²) in [6, 6.07) is 0. The molecule has 1 heterocycles. The van der Waals surface area contributed by atoms with Crippen LogP contribution in [0.2, 0.25) is 0 Å². The highest BCUT2D eigenvalue weighted by Crippen LogP contribution is 2.48. The molecule has 0 spiro atoms. The molecule has 0 bridgehead atoms. The second-order valence-corrected chi connectivity index (χ2v) is 9.80. The van der Waals surface area contributed by atoms with Gasteiger partial charge in [-0.1, -0.05) is 35.5 Å². The first-order valence-corrected chi connectivity index (χ1v) is 11.5. The third kappa shape index (κ3) is 5.63. The Morgan fingerprint density at radius 2 is 2.00 bits per heavy atom. The fourth-order valence-electron chi connectivity index (χ4n) is 5.43. The predicted molar refractivity (Wildman–Crippen MR) is 118 cm³/mol. The van der Waals surface area contributed by atoms with Crippen LogP contribution in [-0.2, 0) is 9.47 Å². The van der Waals surface area contributed by atoms with Crippen molar-refractivity contribution in [2.75, 3.05) is 13.2 Å². The van der Waals surface area contributed by atoms with Crippen molar-refractivity contribution in [3.05, 3.63) is 35.5 Å². The summed E-state index contributed by atoms with van der Waals surface area (Å²) in [4.78, 5) is 0. The minimum Gasteiger partial charge on any atom is -0.388 e. The van der Waals surface area contributed by atoms with Gasteiger partial charge in [-0.2, -0.15) is 0 Å². The minimum absolute atomic E-state index is 0.0266. The molecular formula is C25H40O5. The summed E-state index contributed by atoms with van der Waals surface area (Å²) in [5.74, 6) is 1.91. The maximum Gasteiger partial charge on any atom is 0.186 e. The molecule has 0 radical (unpaired) electrons. The maximum absolute atomic E-state index is 10.2. The second kappa shape index (κ2) is 10.6. The Kier molecular flexibility index (Phi) is 8.33. The van der Waals surface area contributed by atoms with Crippen molar-refractivity contribution in [1.82, 2.24) is 0 Å². The van der Waals surface area contributed by atoms with E-state index in [0.717, 1.165) is 32.1 Å². The molecule has 170 valence electrons. The van der Waals surface area contributed by atoms with Crippen LogP contribution >= 0.6 is 0 Å². The van der Waals surface area contributed by atoms with Crippen molar-refractivity contribution in [3.8, 4) is 0 Å². The predicted octanol–water partition coefficient (Wildman–Crippen LogP) is 3.74. The van der Waals surface area contributed by atoms with Crippen LogP contribution in [0.4, 0.5) is 0 Å². The van der Waals surface area contributed by atoms with Crippen LogP contribution in [0, 0.1) is 23.7 Å². The molecule has 0 amide bonds. The summed E-state index contributed by atoms with van der Waals surface area (Å²) in [7, 11) is 0. The molecule has 5 heteroatoms. The van der Waals surface area contributed by atoms with Crippen molar-refractivity contribution < 1.29 is 24.8 Å². The zero-order valence-corrected chi connectivity index (χ0v) is 18.8. The van der Waals surface area contributed by atoms with E-state index in [1.54, 1.807) is 0 Å². The van der Waals surface area contributed by atoms with Crippen LogP contribution in [0.25, 0.3) is 0 Å². The highest BCUT2D eigenvalue weighted by Gasteiger charge is 2.41. The summed E-state index contributed by atoms with van der Waals surface area (Å²) in [5, 5.41) is 29.9. The van der Waals surface area contributed by atoms with Crippen LogP contribution < -0.4 is 0 Å². The number of aliphatic hydroxyl groups is 3. The van der Waals surface area contributed by atoms with Gasteiger partial charge in [0.25, 0.3) is 0 Å². The van der Waals surface area contributed by atoms with Gasteiger partial charge < -0.3 is 24.8 Å². The normalized spacial score (nSPS) is 37.9. The Hall–Kier alpha value is -0.980. The molecule has 30 heavy (non-hydrogen) atoms. The number of aliphatic hydroxyl groups excluding tert-OH is 3. The molecule has 3 unspecified atom stereocenters. The van der Waals surface area contributed by atoms with Gasteiger partial charge in [0.15, 0.2) is 6.29 Å². The molecule has 1 aliphatic heterocycles. The van der Waals surface area contributed by atoms with E-state index in [2.05, 4.69) is 39.5 Å². The fourth-order valence-corrected chi connectivity index (χ4v) is 5.43. The molecule has 0 aromatic heterocycles. The molecule has 0 aromatic carbocycles. The molecule has 2 fully saturated rings. The topological polar surface area (TPSA) is 79.2 Å². The van der Waals surface area contributed by atoms with Gasteiger partial charge in [-0.05, 0) is 83.0 Å². The Balaban J connectivity index is 1.72. The molecule has 3 rings (SSSR count). The number of rotatable bonds is 7. The molecular weight excluding hydrogens is 380 g/mol. The Bertz CT molecular complexity index is 650. The van der Waals surface area contributed by atoms with Crippen LogP contribution in [0.15, 0.2) is 35.5 Å². The van der Waals surface area contributed by atoms with E-state index in [1.807, 2.05) is 0 Å². The van der Waals surface area contributed by atoms with Crippen molar-refractivity contribution >= 4 is 0 Å². The average Bonchev–Trinajstić information content (AvgIpc) is 2.70. The van der Waals surface area contributed by atoms with E-state index in [4.69, 9.17) is 9.47 Å². The number of hydrogen-bond acceptors (Lipinski definition) is 5. The van der Waals surface area contributed by atoms with Gasteiger partial charge >= 0.3 is 0 Å². The smallest absolute Gasteiger partial charge is 0.186 e. The highest BCUT2D eigenvalue weighted by atomic mass is 16.7. The summed E-state index contributed by atoms with van der Waals surface area (Å²) in [5.41, 5.74) is 4.19. The number of allylic oxidation sites excluding steroid dienone is 5. The SMILES string of the molecule is C=C1CC[C@@H](C(CCC=C(C)C)CO[C@H]2OC[C@H](O)C(O)C2O)[C@@H]2C=C(C)CC[C@H]12. The fraction of sp³-hybridized carbons (Fsp3) is 0.760. The van der Waals surface area contributed by atoms with Crippen LogP contribution in [0.5, 0.6) is 0 Å².